The van der Waals surface area contributed by atoms with E-state index in [-0.39, 0.29) is 5.78 Å². The van der Waals surface area contributed by atoms with Gasteiger partial charge in [-0.1, -0.05) is 17.7 Å². The summed E-state index contributed by atoms with van der Waals surface area (Å²) < 4.78 is 1.87. The Hall–Kier alpha value is -1.35. The number of halogens is 1. The number of hydrogen-bond donors (Lipinski definition) is 0. The van der Waals surface area contributed by atoms with Gasteiger partial charge in [-0.2, -0.15) is 0 Å². The fraction of sp³-hybridized carbons (Fsp3) is 0.273. The maximum atomic E-state index is 11.1. The Labute approximate surface area is 92.7 Å². The summed E-state index contributed by atoms with van der Waals surface area (Å²) in [7, 11) is 0. The predicted molar refractivity (Wildman–Crippen MR) is 59.3 cm³/mol. The Bertz CT molecular complexity index is 531. The first-order valence-corrected chi connectivity index (χ1v) is 5.09. The van der Waals surface area contributed by atoms with E-state index in [0.29, 0.717) is 17.4 Å². The second-order valence-electron chi connectivity index (χ2n) is 3.61. The third-order valence-corrected chi connectivity index (χ3v) is 2.57. The molecule has 2 aromatic rings. The van der Waals surface area contributed by atoms with Gasteiger partial charge in [0.2, 0.25) is 0 Å². The van der Waals surface area contributed by atoms with Gasteiger partial charge in [0.1, 0.15) is 11.6 Å². The monoisotopic (exact) mass is 222 g/mol. The molecular formula is C11H11ClN2O. The van der Waals surface area contributed by atoms with E-state index >= 15 is 0 Å². The van der Waals surface area contributed by atoms with Crippen molar-refractivity contribution in [3.63, 3.8) is 0 Å². The fourth-order valence-electron chi connectivity index (χ4n) is 1.66. The van der Waals surface area contributed by atoms with Crippen molar-refractivity contribution in [3.05, 3.63) is 34.9 Å². The minimum Gasteiger partial charge on any atom is -0.302 e. The van der Waals surface area contributed by atoms with Crippen LogP contribution in [0.4, 0.5) is 0 Å². The molecule has 2 aromatic heterocycles. The summed E-state index contributed by atoms with van der Waals surface area (Å²) >= 11 is 6.02. The largest absolute Gasteiger partial charge is 0.302 e. The Morgan fingerprint density at radius 3 is 3.00 bits per heavy atom. The molecule has 2 heterocycles. The van der Waals surface area contributed by atoms with E-state index in [9.17, 15) is 4.79 Å². The quantitative estimate of drug-likeness (QED) is 0.782. The molecule has 0 unspecified atom stereocenters. The summed E-state index contributed by atoms with van der Waals surface area (Å²) in [6.07, 6.45) is 2.19. The zero-order chi connectivity index (χ0) is 11.0. The van der Waals surface area contributed by atoms with E-state index < -0.39 is 0 Å². The lowest BCUT2D eigenvalue weighted by molar-refractivity contribution is -0.116. The molecule has 0 atom stereocenters. The van der Waals surface area contributed by atoms with Crippen molar-refractivity contribution in [3.8, 4) is 0 Å². The van der Waals surface area contributed by atoms with Crippen LogP contribution in [0.25, 0.3) is 5.52 Å². The van der Waals surface area contributed by atoms with Gasteiger partial charge in [0.15, 0.2) is 5.15 Å². The Morgan fingerprint density at radius 2 is 2.33 bits per heavy atom. The minimum atomic E-state index is 0.0834. The molecule has 0 amide bonds. The van der Waals surface area contributed by atoms with Crippen molar-refractivity contribution in [1.82, 2.24) is 9.38 Å². The highest BCUT2D eigenvalue weighted by atomic mass is 35.5. The van der Waals surface area contributed by atoms with Crippen LogP contribution in [0.3, 0.4) is 0 Å². The zero-order valence-corrected chi connectivity index (χ0v) is 9.38. The van der Waals surface area contributed by atoms with Gasteiger partial charge < -0.3 is 4.40 Å². The van der Waals surface area contributed by atoms with Gasteiger partial charge in [-0.05, 0) is 25.5 Å². The lowest BCUT2D eigenvalue weighted by Crippen LogP contribution is -2.01. The number of fused-ring (bicyclic) bond motifs is 1. The summed E-state index contributed by atoms with van der Waals surface area (Å²) in [4.78, 5) is 15.3. The van der Waals surface area contributed by atoms with Crippen molar-refractivity contribution < 1.29 is 4.79 Å². The van der Waals surface area contributed by atoms with Crippen LogP contribution < -0.4 is 0 Å². The summed E-state index contributed by atoms with van der Waals surface area (Å²) in [5.41, 5.74) is 1.94. The molecule has 0 N–H and O–H groups in total. The van der Waals surface area contributed by atoms with Crippen LogP contribution in [0.15, 0.2) is 18.3 Å². The maximum absolute atomic E-state index is 11.1. The Kier molecular flexibility index (Phi) is 2.49. The standard InChI is InChI=1S/C11H11ClN2O/c1-7-4-3-5-14-9(6-8(2)15)13-11(12)10(7)14/h3-5H,6H2,1-2H3. The second kappa shape index (κ2) is 3.66. The topological polar surface area (TPSA) is 34.4 Å². The first kappa shape index (κ1) is 10.2. The van der Waals surface area contributed by atoms with Gasteiger partial charge in [0.05, 0.1) is 11.9 Å². The average molecular weight is 223 g/mol. The van der Waals surface area contributed by atoms with Gasteiger partial charge in [-0.15, -0.1) is 0 Å². The van der Waals surface area contributed by atoms with E-state index in [1.807, 2.05) is 29.7 Å². The SMILES string of the molecule is CC(=O)Cc1nc(Cl)c2c(C)cccn12. The van der Waals surface area contributed by atoms with Gasteiger partial charge in [0, 0.05) is 6.20 Å². The van der Waals surface area contributed by atoms with E-state index in [2.05, 4.69) is 4.98 Å². The van der Waals surface area contributed by atoms with Crippen LogP contribution in [0.2, 0.25) is 5.15 Å². The molecule has 15 heavy (non-hydrogen) atoms. The first-order valence-electron chi connectivity index (χ1n) is 4.71. The molecule has 0 spiro atoms. The molecule has 0 radical (unpaired) electrons. The molecule has 0 fully saturated rings. The van der Waals surface area contributed by atoms with Crippen LogP contribution >= 0.6 is 11.6 Å². The molecule has 78 valence electrons. The first-order chi connectivity index (χ1) is 7.09. The smallest absolute Gasteiger partial charge is 0.155 e. The maximum Gasteiger partial charge on any atom is 0.155 e. The number of aromatic nitrogens is 2. The third-order valence-electron chi connectivity index (χ3n) is 2.30. The summed E-state index contributed by atoms with van der Waals surface area (Å²) in [6, 6.07) is 3.89. The molecular weight excluding hydrogens is 212 g/mol. The normalized spacial score (nSPS) is 10.9. The minimum absolute atomic E-state index is 0.0834. The van der Waals surface area contributed by atoms with Crippen molar-refractivity contribution in [1.29, 1.82) is 0 Å². The van der Waals surface area contributed by atoms with Crippen LogP contribution in [-0.4, -0.2) is 15.2 Å². The number of carbonyl (C=O) groups is 1. The summed E-state index contributed by atoms with van der Waals surface area (Å²) in [6.45, 7) is 3.52. The highest BCUT2D eigenvalue weighted by Gasteiger charge is 2.11. The number of rotatable bonds is 2. The van der Waals surface area contributed by atoms with E-state index in [0.717, 1.165) is 11.1 Å². The number of aryl methyl sites for hydroxylation is 1. The molecule has 0 saturated carbocycles. The molecule has 4 heteroatoms. The average Bonchev–Trinajstić information content (AvgIpc) is 2.44. The molecule has 2 rings (SSSR count). The number of hydrogen-bond acceptors (Lipinski definition) is 2. The van der Waals surface area contributed by atoms with Crippen LogP contribution in [0.5, 0.6) is 0 Å². The molecule has 0 aliphatic rings. The van der Waals surface area contributed by atoms with Crippen LogP contribution in [0, 0.1) is 6.92 Å². The highest BCUT2D eigenvalue weighted by Crippen LogP contribution is 2.21. The van der Waals surface area contributed by atoms with Crippen molar-refractivity contribution in [2.24, 2.45) is 0 Å². The van der Waals surface area contributed by atoms with Crippen LogP contribution in [-0.2, 0) is 11.2 Å². The number of nitrogens with zero attached hydrogens (tertiary/aromatic N) is 2. The van der Waals surface area contributed by atoms with Crippen molar-refractivity contribution >= 4 is 22.9 Å². The highest BCUT2D eigenvalue weighted by molar-refractivity contribution is 6.32. The molecule has 3 nitrogen and oxygen atoms in total. The fourth-order valence-corrected chi connectivity index (χ4v) is 2.00. The third kappa shape index (κ3) is 1.75. The molecule has 0 bridgehead atoms. The van der Waals surface area contributed by atoms with E-state index in [1.165, 1.54) is 0 Å². The lowest BCUT2D eigenvalue weighted by atomic mass is 10.2. The molecule has 0 aliphatic carbocycles. The lowest BCUT2D eigenvalue weighted by Gasteiger charge is -2.00. The molecule has 0 aromatic carbocycles. The van der Waals surface area contributed by atoms with Gasteiger partial charge in [0.25, 0.3) is 0 Å². The van der Waals surface area contributed by atoms with Crippen LogP contribution in [0.1, 0.15) is 18.3 Å². The van der Waals surface area contributed by atoms with E-state index in [1.54, 1.807) is 6.92 Å². The summed E-state index contributed by atoms with van der Waals surface area (Å²) in [5, 5.41) is 0.462. The zero-order valence-electron chi connectivity index (χ0n) is 8.62. The van der Waals surface area contributed by atoms with Gasteiger partial charge >= 0.3 is 0 Å². The number of imidazole rings is 1. The predicted octanol–water partition coefficient (Wildman–Crippen LogP) is 2.43. The van der Waals surface area contributed by atoms with E-state index in [4.69, 9.17) is 11.6 Å². The molecule has 0 saturated heterocycles. The number of pyridine rings is 1. The second-order valence-corrected chi connectivity index (χ2v) is 3.97. The van der Waals surface area contributed by atoms with Gasteiger partial charge in [-0.3, -0.25) is 4.79 Å². The van der Waals surface area contributed by atoms with Crippen molar-refractivity contribution in [2.75, 3.05) is 0 Å². The number of Topliss-reactive ketones (excluding diaryl/α,β-unsaturated/α-hetero) is 1. The number of carbonyl (C=O) groups excluding carboxylic acids is 1. The Balaban J connectivity index is 2.68. The number of ketones is 1. The summed E-state index contributed by atoms with van der Waals surface area (Å²) in [5.74, 6) is 0.784. The van der Waals surface area contributed by atoms with Gasteiger partial charge in [-0.25, -0.2) is 4.98 Å². The van der Waals surface area contributed by atoms with Crippen molar-refractivity contribution in [2.45, 2.75) is 20.3 Å². The molecule has 0 aliphatic heterocycles. The Morgan fingerprint density at radius 1 is 1.60 bits per heavy atom.